The van der Waals surface area contributed by atoms with Gasteiger partial charge in [-0.1, -0.05) is 17.7 Å². The van der Waals surface area contributed by atoms with Crippen LogP contribution < -0.4 is 4.74 Å². The van der Waals surface area contributed by atoms with Gasteiger partial charge in [-0.15, -0.1) is 0 Å². The third kappa shape index (κ3) is 2.55. The van der Waals surface area contributed by atoms with Crippen molar-refractivity contribution in [2.75, 3.05) is 7.11 Å². The minimum absolute atomic E-state index is 0.0500. The second-order valence-corrected chi connectivity index (χ2v) is 6.92. The van der Waals surface area contributed by atoms with Gasteiger partial charge >= 0.3 is 0 Å². The summed E-state index contributed by atoms with van der Waals surface area (Å²) in [7, 11) is -2.02. The molecule has 3 rings (SSSR count). The third-order valence-electron chi connectivity index (χ3n) is 3.48. The number of nitrogens with zero attached hydrogens (tertiary/aromatic N) is 1. The minimum Gasteiger partial charge on any atom is -0.497 e. The molecule has 1 heterocycles. The number of methoxy groups -OCH3 is 1. The highest BCUT2D eigenvalue weighted by atomic mass is 32.2. The molecule has 5 heteroatoms. The molecule has 22 heavy (non-hydrogen) atoms. The lowest BCUT2D eigenvalue weighted by atomic mass is 10.2. The molecule has 0 unspecified atom stereocenters. The summed E-state index contributed by atoms with van der Waals surface area (Å²) in [4.78, 5) is 4.53. The first-order valence-corrected chi connectivity index (χ1v) is 8.25. The standard InChI is InChI=1S/C17H15NO3S/c1-12-3-7-15(8-4-12)22(19,20)17-10-5-13-11-14(21-2)6-9-16(13)18-17/h3-11H,1-2H3. The van der Waals surface area contributed by atoms with Crippen LogP contribution in [0.5, 0.6) is 5.75 Å². The molecule has 0 bridgehead atoms. The first-order valence-electron chi connectivity index (χ1n) is 6.77. The van der Waals surface area contributed by atoms with Crippen LogP contribution in [0.1, 0.15) is 5.56 Å². The Balaban J connectivity index is 2.11. The van der Waals surface area contributed by atoms with Gasteiger partial charge in [0.25, 0.3) is 0 Å². The fourth-order valence-corrected chi connectivity index (χ4v) is 3.40. The Morgan fingerprint density at radius 1 is 0.955 bits per heavy atom. The van der Waals surface area contributed by atoms with Gasteiger partial charge in [0.05, 0.1) is 17.5 Å². The molecule has 3 aromatic rings. The summed E-state index contributed by atoms with van der Waals surface area (Å²) >= 11 is 0. The van der Waals surface area contributed by atoms with Crippen LogP contribution in [0.15, 0.2) is 64.5 Å². The van der Waals surface area contributed by atoms with Gasteiger partial charge in [-0.05, 0) is 49.4 Å². The molecule has 0 amide bonds. The van der Waals surface area contributed by atoms with Crippen molar-refractivity contribution in [3.05, 3.63) is 60.2 Å². The van der Waals surface area contributed by atoms with Crippen LogP contribution in [-0.4, -0.2) is 20.5 Å². The van der Waals surface area contributed by atoms with Crippen molar-refractivity contribution in [1.82, 2.24) is 4.98 Å². The van der Waals surface area contributed by atoms with E-state index in [4.69, 9.17) is 4.74 Å². The van der Waals surface area contributed by atoms with Crippen molar-refractivity contribution in [2.24, 2.45) is 0 Å². The van der Waals surface area contributed by atoms with E-state index >= 15 is 0 Å². The molecule has 2 aromatic carbocycles. The van der Waals surface area contributed by atoms with E-state index in [1.807, 2.05) is 13.0 Å². The van der Waals surface area contributed by atoms with Crippen LogP contribution in [0.4, 0.5) is 0 Å². The first kappa shape index (κ1) is 14.5. The second-order valence-electron chi connectivity index (χ2n) is 5.02. The molecule has 1 aromatic heterocycles. The van der Waals surface area contributed by atoms with Crippen LogP contribution in [0.2, 0.25) is 0 Å². The summed E-state index contributed by atoms with van der Waals surface area (Å²) in [5.74, 6) is 0.712. The van der Waals surface area contributed by atoms with Gasteiger partial charge in [0.2, 0.25) is 9.84 Å². The lowest BCUT2D eigenvalue weighted by Crippen LogP contribution is -2.04. The van der Waals surface area contributed by atoms with Gasteiger partial charge in [-0.25, -0.2) is 13.4 Å². The molecule has 0 saturated carbocycles. The van der Waals surface area contributed by atoms with Crippen LogP contribution in [0.25, 0.3) is 10.9 Å². The summed E-state index contributed by atoms with van der Waals surface area (Å²) < 4.78 is 30.4. The monoisotopic (exact) mass is 313 g/mol. The van der Waals surface area contributed by atoms with E-state index < -0.39 is 9.84 Å². The normalized spacial score (nSPS) is 11.5. The van der Waals surface area contributed by atoms with Crippen LogP contribution >= 0.6 is 0 Å². The van der Waals surface area contributed by atoms with E-state index in [0.717, 1.165) is 10.9 Å². The number of ether oxygens (including phenoxy) is 1. The number of pyridine rings is 1. The van der Waals surface area contributed by atoms with Gasteiger partial charge in [0.1, 0.15) is 5.75 Å². The average molecular weight is 313 g/mol. The number of aromatic nitrogens is 1. The van der Waals surface area contributed by atoms with Crippen LogP contribution in [0, 0.1) is 6.92 Å². The van der Waals surface area contributed by atoms with Crippen molar-refractivity contribution in [3.63, 3.8) is 0 Å². The highest BCUT2D eigenvalue weighted by Gasteiger charge is 2.19. The molecule has 0 radical (unpaired) electrons. The Morgan fingerprint density at radius 3 is 2.36 bits per heavy atom. The number of benzene rings is 2. The molecule has 0 spiro atoms. The van der Waals surface area contributed by atoms with E-state index in [-0.39, 0.29) is 9.92 Å². The number of fused-ring (bicyclic) bond motifs is 1. The van der Waals surface area contributed by atoms with Crippen molar-refractivity contribution < 1.29 is 13.2 Å². The van der Waals surface area contributed by atoms with Gasteiger partial charge in [-0.2, -0.15) is 0 Å². The second kappa shape index (κ2) is 5.42. The van der Waals surface area contributed by atoms with Crippen LogP contribution in [0.3, 0.4) is 0 Å². The van der Waals surface area contributed by atoms with E-state index in [2.05, 4.69) is 4.98 Å². The molecule has 0 atom stereocenters. The Kier molecular flexibility index (Phi) is 3.58. The number of rotatable bonds is 3. The Hall–Kier alpha value is -2.40. The fourth-order valence-electron chi connectivity index (χ4n) is 2.20. The zero-order chi connectivity index (χ0) is 15.7. The smallest absolute Gasteiger partial charge is 0.223 e. The molecule has 0 saturated heterocycles. The first-order chi connectivity index (χ1) is 10.5. The number of aryl methyl sites for hydroxylation is 1. The molecular weight excluding hydrogens is 298 g/mol. The maximum Gasteiger partial charge on any atom is 0.223 e. The maximum atomic E-state index is 12.6. The number of hydrogen-bond donors (Lipinski definition) is 0. The third-order valence-corrected chi connectivity index (χ3v) is 5.15. The quantitative estimate of drug-likeness (QED) is 0.744. The molecule has 112 valence electrons. The minimum atomic E-state index is -3.61. The van der Waals surface area contributed by atoms with Crippen molar-refractivity contribution in [2.45, 2.75) is 16.8 Å². The molecule has 0 fully saturated rings. The van der Waals surface area contributed by atoms with Gasteiger partial charge < -0.3 is 4.74 Å². The molecule has 0 aliphatic rings. The fraction of sp³-hybridized carbons (Fsp3) is 0.118. The van der Waals surface area contributed by atoms with E-state index in [0.29, 0.717) is 11.3 Å². The van der Waals surface area contributed by atoms with Crippen molar-refractivity contribution >= 4 is 20.7 Å². The zero-order valence-electron chi connectivity index (χ0n) is 12.3. The lowest BCUT2D eigenvalue weighted by Gasteiger charge is -2.07. The molecule has 0 N–H and O–H groups in total. The predicted molar refractivity (Wildman–Crippen MR) is 84.9 cm³/mol. The highest BCUT2D eigenvalue weighted by molar-refractivity contribution is 7.91. The largest absolute Gasteiger partial charge is 0.497 e. The predicted octanol–water partition coefficient (Wildman–Crippen LogP) is 3.38. The topological polar surface area (TPSA) is 56.3 Å². The Morgan fingerprint density at radius 2 is 1.68 bits per heavy atom. The number of sulfone groups is 1. The number of hydrogen-bond acceptors (Lipinski definition) is 4. The van der Waals surface area contributed by atoms with Crippen LogP contribution in [-0.2, 0) is 9.84 Å². The SMILES string of the molecule is COc1ccc2nc(S(=O)(=O)c3ccc(C)cc3)ccc2c1. The lowest BCUT2D eigenvalue weighted by molar-refractivity contribution is 0.415. The molecular formula is C17H15NO3S. The Labute approximate surface area is 129 Å². The summed E-state index contributed by atoms with van der Waals surface area (Å²) in [6.45, 7) is 1.91. The van der Waals surface area contributed by atoms with Gasteiger partial charge in [0.15, 0.2) is 5.03 Å². The van der Waals surface area contributed by atoms with Crippen molar-refractivity contribution in [3.8, 4) is 5.75 Å². The summed E-state index contributed by atoms with van der Waals surface area (Å²) in [5.41, 5.74) is 1.63. The molecule has 0 aliphatic heterocycles. The highest BCUT2D eigenvalue weighted by Crippen LogP contribution is 2.24. The molecule has 0 aliphatic carbocycles. The Bertz CT molecular complexity index is 932. The summed E-state index contributed by atoms with van der Waals surface area (Å²) in [6.07, 6.45) is 0. The summed E-state index contributed by atoms with van der Waals surface area (Å²) in [5, 5.41) is 0.885. The average Bonchev–Trinajstić information content (AvgIpc) is 2.54. The summed E-state index contributed by atoms with van der Waals surface area (Å²) in [6, 6.07) is 15.4. The molecule has 4 nitrogen and oxygen atoms in total. The van der Waals surface area contributed by atoms with Gasteiger partial charge in [0, 0.05) is 5.39 Å². The van der Waals surface area contributed by atoms with Crippen molar-refractivity contribution in [1.29, 1.82) is 0 Å². The maximum absolute atomic E-state index is 12.6. The van der Waals surface area contributed by atoms with E-state index in [1.54, 1.807) is 49.6 Å². The van der Waals surface area contributed by atoms with E-state index in [1.165, 1.54) is 6.07 Å². The van der Waals surface area contributed by atoms with Gasteiger partial charge in [-0.3, -0.25) is 0 Å². The zero-order valence-corrected chi connectivity index (χ0v) is 13.1. The van der Waals surface area contributed by atoms with E-state index in [9.17, 15) is 8.42 Å².